The van der Waals surface area contributed by atoms with Gasteiger partial charge in [0.05, 0.1) is 0 Å². The Hall–Kier alpha value is -0.930. The van der Waals surface area contributed by atoms with E-state index in [0.29, 0.717) is 6.61 Å². The monoisotopic (exact) mass is 277 g/mol. The molecular formula is C16H23NOS. The Kier molecular flexibility index (Phi) is 6.31. The third kappa shape index (κ3) is 4.92. The van der Waals surface area contributed by atoms with Gasteiger partial charge in [-0.2, -0.15) is 11.8 Å². The Morgan fingerprint density at radius 3 is 2.89 bits per heavy atom. The van der Waals surface area contributed by atoms with Crippen molar-refractivity contribution in [2.24, 2.45) is 5.92 Å². The van der Waals surface area contributed by atoms with Gasteiger partial charge in [0.15, 0.2) is 0 Å². The van der Waals surface area contributed by atoms with Gasteiger partial charge in [-0.1, -0.05) is 30.9 Å². The third-order valence-electron chi connectivity index (χ3n) is 3.42. The lowest BCUT2D eigenvalue weighted by Gasteiger charge is -2.21. The van der Waals surface area contributed by atoms with Crippen molar-refractivity contribution in [2.75, 3.05) is 24.7 Å². The summed E-state index contributed by atoms with van der Waals surface area (Å²) in [4.78, 5) is 0. The Balaban J connectivity index is 1.79. The van der Waals surface area contributed by atoms with E-state index in [0.717, 1.165) is 24.8 Å². The molecular weight excluding hydrogens is 254 g/mol. The number of nitrogens with one attached hydrogen (secondary N) is 1. The van der Waals surface area contributed by atoms with Crippen molar-refractivity contribution in [3.63, 3.8) is 0 Å². The minimum atomic E-state index is 0.566. The van der Waals surface area contributed by atoms with Gasteiger partial charge in [-0.15, -0.1) is 0 Å². The van der Waals surface area contributed by atoms with Crippen molar-refractivity contribution >= 4 is 11.8 Å². The normalized spacial score (nSPS) is 16.2. The third-order valence-corrected chi connectivity index (χ3v) is 4.47. The lowest BCUT2D eigenvalue weighted by atomic mass is 10.0. The van der Waals surface area contributed by atoms with Crippen molar-refractivity contribution in [3.8, 4) is 5.75 Å². The maximum Gasteiger partial charge on any atom is 0.124 e. The molecule has 0 atom stereocenters. The van der Waals surface area contributed by atoms with Crippen molar-refractivity contribution in [3.05, 3.63) is 42.5 Å². The Morgan fingerprint density at radius 1 is 1.32 bits per heavy atom. The highest BCUT2D eigenvalue weighted by Gasteiger charge is 2.13. The summed E-state index contributed by atoms with van der Waals surface area (Å²) in [5.41, 5.74) is 1.23. The van der Waals surface area contributed by atoms with Crippen LogP contribution in [0.2, 0.25) is 0 Å². The second-order valence-electron chi connectivity index (χ2n) is 4.89. The van der Waals surface area contributed by atoms with Crippen molar-refractivity contribution in [1.82, 2.24) is 5.32 Å². The van der Waals surface area contributed by atoms with Crippen LogP contribution >= 0.6 is 11.8 Å². The first-order valence-corrected chi connectivity index (χ1v) is 8.15. The first-order chi connectivity index (χ1) is 9.40. The summed E-state index contributed by atoms with van der Waals surface area (Å²) in [7, 11) is 0. The molecule has 1 N–H and O–H groups in total. The Bertz CT molecular complexity index is 388. The molecule has 1 fully saturated rings. The largest absolute Gasteiger partial charge is 0.489 e. The minimum Gasteiger partial charge on any atom is -0.489 e. The van der Waals surface area contributed by atoms with Gasteiger partial charge in [0.2, 0.25) is 0 Å². The first-order valence-electron chi connectivity index (χ1n) is 7.00. The summed E-state index contributed by atoms with van der Waals surface area (Å²) in [5.74, 6) is 4.47. The molecule has 1 saturated heterocycles. The second-order valence-corrected chi connectivity index (χ2v) is 6.12. The van der Waals surface area contributed by atoms with E-state index in [1.165, 1.54) is 29.9 Å². The van der Waals surface area contributed by atoms with E-state index in [2.05, 4.69) is 35.8 Å². The first kappa shape index (κ1) is 14.5. The van der Waals surface area contributed by atoms with E-state index in [1.807, 2.05) is 12.1 Å². The SMILES string of the molecule is C=CCOc1ccccc1CNCC1CCSCC1. The number of ether oxygens (including phenoxy) is 1. The molecule has 0 unspecified atom stereocenters. The van der Waals surface area contributed by atoms with Crippen LogP contribution in [0.3, 0.4) is 0 Å². The van der Waals surface area contributed by atoms with E-state index in [9.17, 15) is 0 Å². The number of para-hydroxylation sites is 1. The molecule has 0 radical (unpaired) electrons. The molecule has 104 valence electrons. The molecule has 1 aliphatic heterocycles. The predicted molar refractivity (Wildman–Crippen MR) is 83.9 cm³/mol. The molecule has 2 nitrogen and oxygen atoms in total. The van der Waals surface area contributed by atoms with E-state index in [4.69, 9.17) is 4.74 Å². The highest BCUT2D eigenvalue weighted by molar-refractivity contribution is 7.99. The molecule has 1 heterocycles. The van der Waals surface area contributed by atoms with E-state index >= 15 is 0 Å². The quantitative estimate of drug-likeness (QED) is 0.771. The maximum atomic E-state index is 5.67. The summed E-state index contributed by atoms with van der Waals surface area (Å²) in [6.07, 6.45) is 4.49. The van der Waals surface area contributed by atoms with Gasteiger partial charge in [-0.25, -0.2) is 0 Å². The number of hydrogen-bond acceptors (Lipinski definition) is 3. The zero-order chi connectivity index (χ0) is 13.3. The van der Waals surface area contributed by atoms with Crippen LogP contribution in [0.5, 0.6) is 5.75 Å². The molecule has 3 heteroatoms. The molecule has 1 aromatic carbocycles. The number of thioether (sulfide) groups is 1. The summed E-state index contributed by atoms with van der Waals surface area (Å²) in [5, 5.41) is 3.57. The fourth-order valence-corrected chi connectivity index (χ4v) is 3.50. The molecule has 1 aliphatic rings. The molecule has 0 saturated carbocycles. The van der Waals surface area contributed by atoms with Crippen molar-refractivity contribution < 1.29 is 4.74 Å². The molecule has 19 heavy (non-hydrogen) atoms. The molecule has 0 amide bonds. The van der Waals surface area contributed by atoms with Crippen LogP contribution in [0.1, 0.15) is 18.4 Å². The van der Waals surface area contributed by atoms with E-state index in [-0.39, 0.29) is 0 Å². The number of rotatable bonds is 7. The van der Waals surface area contributed by atoms with Crippen LogP contribution in [0.25, 0.3) is 0 Å². The fourth-order valence-electron chi connectivity index (χ4n) is 2.30. The topological polar surface area (TPSA) is 21.3 Å². The van der Waals surface area contributed by atoms with Crippen LogP contribution in [-0.4, -0.2) is 24.7 Å². The smallest absolute Gasteiger partial charge is 0.124 e. The van der Waals surface area contributed by atoms with Gasteiger partial charge >= 0.3 is 0 Å². The predicted octanol–water partition coefficient (Wildman–Crippen LogP) is 3.48. The number of benzene rings is 1. The van der Waals surface area contributed by atoms with Gasteiger partial charge in [0.25, 0.3) is 0 Å². The molecule has 0 bridgehead atoms. The zero-order valence-corrected chi connectivity index (χ0v) is 12.3. The highest BCUT2D eigenvalue weighted by Crippen LogP contribution is 2.22. The molecule has 0 aromatic heterocycles. The van der Waals surface area contributed by atoms with Crippen molar-refractivity contribution in [2.45, 2.75) is 19.4 Å². The average Bonchev–Trinajstić information content (AvgIpc) is 2.47. The average molecular weight is 277 g/mol. The van der Waals surface area contributed by atoms with Crippen LogP contribution in [0, 0.1) is 5.92 Å². The van der Waals surface area contributed by atoms with Crippen LogP contribution in [0.15, 0.2) is 36.9 Å². The zero-order valence-electron chi connectivity index (χ0n) is 11.4. The maximum absolute atomic E-state index is 5.67. The van der Waals surface area contributed by atoms with Gasteiger partial charge in [0.1, 0.15) is 12.4 Å². The molecule has 0 aliphatic carbocycles. The summed E-state index contributed by atoms with van der Waals surface area (Å²) in [6, 6.07) is 8.23. The summed E-state index contributed by atoms with van der Waals surface area (Å²) >= 11 is 2.08. The molecule has 2 rings (SSSR count). The number of hydrogen-bond donors (Lipinski definition) is 1. The highest BCUT2D eigenvalue weighted by atomic mass is 32.2. The lowest BCUT2D eigenvalue weighted by molar-refractivity contribution is 0.356. The van der Waals surface area contributed by atoms with Gasteiger partial charge < -0.3 is 10.1 Å². The van der Waals surface area contributed by atoms with Gasteiger partial charge in [-0.05, 0) is 42.9 Å². The summed E-state index contributed by atoms with van der Waals surface area (Å²) < 4.78 is 5.67. The second kappa shape index (κ2) is 8.28. The summed E-state index contributed by atoms with van der Waals surface area (Å²) in [6.45, 7) is 6.26. The van der Waals surface area contributed by atoms with Gasteiger partial charge in [-0.3, -0.25) is 0 Å². The van der Waals surface area contributed by atoms with Crippen LogP contribution in [-0.2, 0) is 6.54 Å². The minimum absolute atomic E-state index is 0.566. The van der Waals surface area contributed by atoms with E-state index in [1.54, 1.807) is 6.08 Å². The van der Waals surface area contributed by atoms with E-state index < -0.39 is 0 Å². The lowest BCUT2D eigenvalue weighted by Crippen LogP contribution is -2.25. The standard InChI is InChI=1S/C16H23NOS/c1-2-9-18-16-6-4-3-5-15(16)13-17-12-14-7-10-19-11-8-14/h2-6,14,17H,1,7-13H2. The molecule has 0 spiro atoms. The Morgan fingerprint density at radius 2 is 2.11 bits per heavy atom. The molecule has 1 aromatic rings. The van der Waals surface area contributed by atoms with Gasteiger partial charge in [0, 0.05) is 12.1 Å². The van der Waals surface area contributed by atoms with Crippen LogP contribution < -0.4 is 10.1 Å². The Labute approximate surface area is 120 Å². The van der Waals surface area contributed by atoms with Crippen LogP contribution in [0.4, 0.5) is 0 Å². The van der Waals surface area contributed by atoms with Crippen molar-refractivity contribution in [1.29, 1.82) is 0 Å². The fraction of sp³-hybridized carbons (Fsp3) is 0.500.